The fourth-order valence-electron chi connectivity index (χ4n) is 1.57. The number of aliphatic carboxylic acids is 1. The summed E-state index contributed by atoms with van der Waals surface area (Å²) in [7, 11) is 2.37. The average Bonchev–Trinajstić information content (AvgIpc) is 2.29. The molecule has 0 saturated carbocycles. The van der Waals surface area contributed by atoms with Crippen LogP contribution in [0.3, 0.4) is 0 Å². The van der Waals surface area contributed by atoms with Gasteiger partial charge in [0.25, 0.3) is 0 Å². The summed E-state index contributed by atoms with van der Waals surface area (Å²) >= 11 is 0. The van der Waals surface area contributed by atoms with Crippen molar-refractivity contribution in [3.8, 4) is 11.5 Å². The van der Waals surface area contributed by atoms with Crippen molar-refractivity contribution in [1.82, 2.24) is 0 Å². The Balaban J connectivity index is 3.32. The number of halogens is 2. The zero-order valence-corrected chi connectivity index (χ0v) is 9.87. The Kier molecular flexibility index (Phi) is 4.43. The number of hydrogen-bond donors (Lipinski definition) is 2. The molecule has 100 valence electrons. The number of carboxylic acids is 1. The molecule has 0 aliphatic rings. The molecular weight excluding hydrogens is 248 g/mol. The third-order valence-corrected chi connectivity index (χ3v) is 2.38. The quantitative estimate of drug-likeness (QED) is 0.824. The number of carbonyl (C=O) groups is 1. The lowest BCUT2D eigenvalue weighted by molar-refractivity contribution is -0.138. The van der Waals surface area contributed by atoms with E-state index in [1.807, 2.05) is 0 Å². The molecule has 18 heavy (non-hydrogen) atoms. The number of methoxy groups -OCH3 is 2. The van der Waals surface area contributed by atoms with Gasteiger partial charge in [0.2, 0.25) is 0 Å². The summed E-state index contributed by atoms with van der Waals surface area (Å²) in [4.78, 5) is 10.7. The Hall–Kier alpha value is -1.89. The van der Waals surface area contributed by atoms with Crippen LogP contribution in [0.4, 0.5) is 8.78 Å². The number of carboxylic acid groups (broad SMARTS) is 1. The van der Waals surface area contributed by atoms with Crippen LogP contribution in [0.5, 0.6) is 11.5 Å². The van der Waals surface area contributed by atoms with E-state index in [9.17, 15) is 13.6 Å². The molecule has 1 atom stereocenters. The Morgan fingerprint density at radius 1 is 1.33 bits per heavy atom. The Labute approximate surface area is 102 Å². The van der Waals surface area contributed by atoms with Gasteiger partial charge in [-0.15, -0.1) is 0 Å². The van der Waals surface area contributed by atoms with Crippen molar-refractivity contribution < 1.29 is 28.2 Å². The first-order valence-electron chi connectivity index (χ1n) is 4.99. The third kappa shape index (κ3) is 2.67. The molecule has 0 radical (unpaired) electrons. The van der Waals surface area contributed by atoms with Crippen LogP contribution in [0.25, 0.3) is 0 Å². The normalized spacial score (nSPS) is 12.1. The fraction of sp³-hybridized carbons (Fsp3) is 0.364. The van der Waals surface area contributed by atoms with E-state index in [4.69, 9.17) is 20.3 Å². The van der Waals surface area contributed by atoms with Gasteiger partial charge in [0.05, 0.1) is 14.2 Å². The third-order valence-electron chi connectivity index (χ3n) is 2.38. The summed E-state index contributed by atoms with van der Waals surface area (Å²) in [6.07, 6.45) is -0.309. The predicted molar refractivity (Wildman–Crippen MR) is 58.8 cm³/mol. The van der Waals surface area contributed by atoms with Gasteiger partial charge in [0.15, 0.2) is 23.1 Å². The zero-order valence-electron chi connectivity index (χ0n) is 9.87. The number of ether oxygens (including phenoxy) is 2. The lowest BCUT2D eigenvalue weighted by Gasteiger charge is -2.16. The van der Waals surface area contributed by atoms with Crippen LogP contribution in [-0.4, -0.2) is 31.3 Å². The molecule has 5 nitrogen and oxygen atoms in total. The van der Waals surface area contributed by atoms with Crippen molar-refractivity contribution >= 4 is 5.97 Å². The second kappa shape index (κ2) is 5.63. The van der Waals surface area contributed by atoms with Crippen LogP contribution in [0.2, 0.25) is 0 Å². The lowest BCUT2D eigenvalue weighted by atomic mass is 10.0. The second-order valence-corrected chi connectivity index (χ2v) is 3.53. The largest absolute Gasteiger partial charge is 0.493 e. The van der Waals surface area contributed by atoms with Gasteiger partial charge in [-0.2, -0.15) is 0 Å². The number of hydrogen-bond acceptors (Lipinski definition) is 4. The van der Waals surface area contributed by atoms with E-state index in [-0.39, 0.29) is 23.5 Å². The SMILES string of the molecule is COc1c(F)cc(F)c(OC)c1CC(N)C(=O)O. The van der Waals surface area contributed by atoms with Crippen molar-refractivity contribution in [2.45, 2.75) is 12.5 Å². The number of nitrogens with two attached hydrogens (primary N) is 1. The molecule has 1 aromatic rings. The minimum Gasteiger partial charge on any atom is -0.493 e. The smallest absolute Gasteiger partial charge is 0.320 e. The number of rotatable bonds is 5. The van der Waals surface area contributed by atoms with Crippen LogP contribution < -0.4 is 15.2 Å². The molecule has 1 aromatic carbocycles. The van der Waals surface area contributed by atoms with Crippen molar-refractivity contribution in [2.75, 3.05) is 14.2 Å². The maximum absolute atomic E-state index is 13.5. The Morgan fingerprint density at radius 2 is 1.78 bits per heavy atom. The molecule has 0 heterocycles. The zero-order chi connectivity index (χ0) is 13.9. The van der Waals surface area contributed by atoms with Crippen LogP contribution in [0, 0.1) is 11.6 Å². The molecule has 1 unspecified atom stereocenters. The van der Waals surface area contributed by atoms with E-state index >= 15 is 0 Å². The molecule has 0 fully saturated rings. The molecular formula is C11H13F2NO4. The van der Waals surface area contributed by atoms with Crippen LogP contribution >= 0.6 is 0 Å². The van der Waals surface area contributed by atoms with Crippen molar-refractivity contribution in [1.29, 1.82) is 0 Å². The fourth-order valence-corrected chi connectivity index (χ4v) is 1.57. The van der Waals surface area contributed by atoms with Crippen LogP contribution in [-0.2, 0) is 11.2 Å². The predicted octanol–water partition coefficient (Wildman–Crippen LogP) is 0.936. The highest BCUT2D eigenvalue weighted by molar-refractivity contribution is 5.74. The molecule has 0 spiro atoms. The summed E-state index contributed by atoms with van der Waals surface area (Å²) in [5.41, 5.74) is 5.29. The van der Waals surface area contributed by atoms with Gasteiger partial charge < -0.3 is 20.3 Å². The first-order chi connectivity index (χ1) is 8.42. The average molecular weight is 261 g/mol. The van der Waals surface area contributed by atoms with E-state index in [1.165, 1.54) is 14.2 Å². The summed E-state index contributed by atoms with van der Waals surface area (Å²) < 4.78 is 36.5. The molecule has 3 N–H and O–H groups in total. The standard InChI is InChI=1S/C11H13F2NO4/c1-17-9-5(3-8(14)11(15)16)10(18-2)7(13)4-6(9)12/h4,8H,3,14H2,1-2H3,(H,15,16). The Morgan fingerprint density at radius 3 is 2.11 bits per heavy atom. The van der Waals surface area contributed by atoms with Gasteiger partial charge in [-0.25, -0.2) is 8.78 Å². The molecule has 1 rings (SSSR count). The molecule has 7 heteroatoms. The topological polar surface area (TPSA) is 81.8 Å². The van der Waals surface area contributed by atoms with Crippen molar-refractivity contribution in [2.24, 2.45) is 5.73 Å². The van der Waals surface area contributed by atoms with Crippen molar-refractivity contribution in [3.05, 3.63) is 23.3 Å². The second-order valence-electron chi connectivity index (χ2n) is 3.53. The van der Waals surface area contributed by atoms with E-state index in [0.717, 1.165) is 0 Å². The van der Waals surface area contributed by atoms with E-state index in [1.54, 1.807) is 0 Å². The van der Waals surface area contributed by atoms with E-state index in [0.29, 0.717) is 6.07 Å². The Bertz CT molecular complexity index is 437. The van der Waals surface area contributed by atoms with Crippen molar-refractivity contribution in [3.63, 3.8) is 0 Å². The minimum atomic E-state index is -1.31. The van der Waals surface area contributed by atoms with Crippen LogP contribution in [0.1, 0.15) is 5.56 Å². The molecule has 0 aromatic heterocycles. The van der Waals surface area contributed by atoms with Gasteiger partial charge in [0.1, 0.15) is 6.04 Å². The van der Waals surface area contributed by atoms with Gasteiger partial charge in [-0.3, -0.25) is 4.79 Å². The maximum Gasteiger partial charge on any atom is 0.320 e. The molecule has 0 aliphatic carbocycles. The minimum absolute atomic E-state index is 0.0487. The molecule has 0 saturated heterocycles. The van der Waals surface area contributed by atoms with Gasteiger partial charge >= 0.3 is 5.97 Å². The van der Waals surface area contributed by atoms with E-state index in [2.05, 4.69) is 0 Å². The first-order valence-corrected chi connectivity index (χ1v) is 4.99. The number of benzene rings is 1. The first kappa shape index (κ1) is 14.2. The van der Waals surface area contributed by atoms with Gasteiger partial charge in [0, 0.05) is 18.1 Å². The lowest BCUT2D eigenvalue weighted by Crippen LogP contribution is -2.32. The summed E-state index contributed by atoms with van der Waals surface area (Å²) in [5, 5.41) is 8.71. The summed E-state index contributed by atoms with van der Waals surface area (Å²) in [6.45, 7) is 0. The highest BCUT2D eigenvalue weighted by Crippen LogP contribution is 2.34. The maximum atomic E-state index is 13.5. The van der Waals surface area contributed by atoms with Gasteiger partial charge in [-0.05, 0) is 0 Å². The summed E-state index contributed by atoms with van der Waals surface area (Å²) in [5.74, 6) is -3.72. The molecule has 0 bridgehead atoms. The highest BCUT2D eigenvalue weighted by Gasteiger charge is 2.24. The summed E-state index contributed by atoms with van der Waals surface area (Å²) in [6, 6.07) is -0.706. The molecule has 0 aliphatic heterocycles. The van der Waals surface area contributed by atoms with Gasteiger partial charge in [-0.1, -0.05) is 0 Å². The monoisotopic (exact) mass is 261 g/mol. The van der Waals surface area contributed by atoms with Crippen LogP contribution in [0.15, 0.2) is 6.07 Å². The molecule has 0 amide bonds. The van der Waals surface area contributed by atoms with E-state index < -0.39 is 23.6 Å². The highest BCUT2D eigenvalue weighted by atomic mass is 19.1.